The molecule has 0 aliphatic carbocycles. The van der Waals surface area contributed by atoms with Crippen LogP contribution in [-0.2, 0) is 9.53 Å². The van der Waals surface area contributed by atoms with Crippen LogP contribution in [0.4, 0.5) is 0 Å². The van der Waals surface area contributed by atoms with Crippen molar-refractivity contribution in [3.63, 3.8) is 0 Å². The second-order valence-electron chi connectivity index (χ2n) is 8.39. The first-order valence-corrected chi connectivity index (χ1v) is 11.5. The molecule has 1 unspecified atom stereocenters. The van der Waals surface area contributed by atoms with Gasteiger partial charge in [0.05, 0.1) is 18.3 Å². The van der Waals surface area contributed by atoms with E-state index < -0.39 is 12.1 Å². The van der Waals surface area contributed by atoms with Crippen molar-refractivity contribution in [2.75, 3.05) is 13.4 Å². The lowest BCUT2D eigenvalue weighted by Gasteiger charge is -2.30. The Morgan fingerprint density at radius 2 is 1.85 bits per heavy atom. The second-order valence-corrected chi connectivity index (χ2v) is 8.39. The Hall–Kier alpha value is -3.35. The summed E-state index contributed by atoms with van der Waals surface area (Å²) in [7, 11) is 0. The maximum Gasteiger partial charge on any atom is 0.339 e. The van der Waals surface area contributed by atoms with Gasteiger partial charge in [-0.15, -0.1) is 0 Å². The molecule has 7 nitrogen and oxygen atoms in total. The quantitative estimate of drug-likeness (QED) is 0.459. The molecule has 2 heterocycles. The minimum atomic E-state index is -1.10. The van der Waals surface area contributed by atoms with Gasteiger partial charge in [-0.25, -0.2) is 4.79 Å². The first kappa shape index (κ1) is 22.8. The van der Waals surface area contributed by atoms with Gasteiger partial charge in [-0.05, 0) is 50.6 Å². The predicted octanol–water partition coefficient (Wildman–Crippen LogP) is 5.73. The minimum Gasteiger partial charge on any atom is -0.492 e. The van der Waals surface area contributed by atoms with Crippen molar-refractivity contribution in [2.24, 2.45) is 0 Å². The summed E-state index contributed by atoms with van der Waals surface area (Å²) in [5.41, 5.74) is 1.29. The molecule has 0 fully saturated rings. The standard InChI is InChI=1S/C26H30O7/c1-4-5-6-7-12-29-25-19-14-18(32-16(2)3)9-11-20(19)33-24(23(25)26(27)28)17-8-10-21-22(13-17)31-15-30-21/h8-11,13-14,16,24H,4-7,12,15H2,1-3H3,(H,27,28). The minimum absolute atomic E-state index is 0.0183. The largest absolute Gasteiger partial charge is 0.492 e. The van der Waals surface area contributed by atoms with Crippen molar-refractivity contribution in [3.05, 3.63) is 53.1 Å². The molecule has 0 aromatic heterocycles. The molecule has 1 atom stereocenters. The lowest BCUT2D eigenvalue weighted by Crippen LogP contribution is -2.24. The average Bonchev–Trinajstić information content (AvgIpc) is 3.26. The van der Waals surface area contributed by atoms with Gasteiger partial charge in [0.2, 0.25) is 6.79 Å². The number of carboxylic acid groups (broad SMARTS) is 1. The molecule has 7 heteroatoms. The highest BCUT2D eigenvalue weighted by molar-refractivity contribution is 5.98. The molecule has 0 radical (unpaired) electrons. The topological polar surface area (TPSA) is 83.5 Å². The number of benzene rings is 2. The van der Waals surface area contributed by atoms with Crippen LogP contribution >= 0.6 is 0 Å². The van der Waals surface area contributed by atoms with Crippen LogP contribution in [0.1, 0.15) is 63.7 Å². The third kappa shape index (κ3) is 5.02. The molecule has 176 valence electrons. The lowest BCUT2D eigenvalue weighted by molar-refractivity contribution is -0.133. The van der Waals surface area contributed by atoms with Crippen LogP contribution in [0.2, 0.25) is 0 Å². The van der Waals surface area contributed by atoms with Crippen molar-refractivity contribution in [1.82, 2.24) is 0 Å². The summed E-state index contributed by atoms with van der Waals surface area (Å²) in [5, 5.41) is 10.2. The zero-order valence-electron chi connectivity index (χ0n) is 19.3. The van der Waals surface area contributed by atoms with E-state index in [4.69, 9.17) is 23.7 Å². The van der Waals surface area contributed by atoms with E-state index in [2.05, 4.69) is 6.92 Å². The van der Waals surface area contributed by atoms with E-state index in [1.165, 1.54) is 0 Å². The zero-order chi connectivity index (χ0) is 23.4. The maximum absolute atomic E-state index is 12.5. The van der Waals surface area contributed by atoms with E-state index in [0.29, 0.717) is 46.5 Å². The van der Waals surface area contributed by atoms with E-state index in [-0.39, 0.29) is 18.5 Å². The third-order valence-corrected chi connectivity index (χ3v) is 5.49. The Bertz CT molecular complexity index is 1040. The van der Waals surface area contributed by atoms with Crippen LogP contribution in [-0.4, -0.2) is 30.6 Å². The molecule has 0 saturated carbocycles. The molecule has 0 bridgehead atoms. The molecular weight excluding hydrogens is 424 g/mol. The monoisotopic (exact) mass is 454 g/mol. The molecule has 1 N–H and O–H groups in total. The van der Waals surface area contributed by atoms with E-state index in [1.807, 2.05) is 19.9 Å². The summed E-state index contributed by atoms with van der Waals surface area (Å²) in [6.07, 6.45) is 3.22. The molecule has 0 saturated heterocycles. The fraction of sp³-hybridized carbons (Fsp3) is 0.423. The number of hydrogen-bond acceptors (Lipinski definition) is 6. The highest BCUT2D eigenvalue weighted by atomic mass is 16.7. The number of unbranched alkanes of at least 4 members (excludes halogenated alkanes) is 3. The zero-order valence-corrected chi connectivity index (χ0v) is 19.3. The third-order valence-electron chi connectivity index (χ3n) is 5.49. The number of rotatable bonds is 10. The Balaban J connectivity index is 1.75. The number of carboxylic acids is 1. The van der Waals surface area contributed by atoms with Gasteiger partial charge in [0.15, 0.2) is 17.6 Å². The molecule has 2 aliphatic heterocycles. The van der Waals surface area contributed by atoms with Crippen LogP contribution in [0.15, 0.2) is 42.0 Å². The normalized spacial score (nSPS) is 16.4. The smallest absolute Gasteiger partial charge is 0.339 e. The molecule has 4 rings (SSSR count). The van der Waals surface area contributed by atoms with Crippen molar-refractivity contribution in [2.45, 2.75) is 58.7 Å². The van der Waals surface area contributed by atoms with Crippen LogP contribution < -0.4 is 18.9 Å². The summed E-state index contributed by atoms with van der Waals surface area (Å²) >= 11 is 0. The van der Waals surface area contributed by atoms with E-state index >= 15 is 0 Å². The van der Waals surface area contributed by atoms with Gasteiger partial charge in [-0.1, -0.05) is 32.3 Å². The lowest BCUT2D eigenvalue weighted by atomic mass is 9.94. The highest BCUT2D eigenvalue weighted by Crippen LogP contribution is 2.46. The van der Waals surface area contributed by atoms with Gasteiger partial charge >= 0.3 is 5.97 Å². The molecule has 0 amide bonds. The molecule has 2 aromatic rings. The molecule has 33 heavy (non-hydrogen) atoms. The Morgan fingerprint density at radius 1 is 1.06 bits per heavy atom. The van der Waals surface area contributed by atoms with Crippen molar-refractivity contribution in [3.8, 4) is 23.0 Å². The fourth-order valence-electron chi connectivity index (χ4n) is 3.96. The summed E-state index contributed by atoms with van der Waals surface area (Å²) in [5.74, 6) is 1.58. The van der Waals surface area contributed by atoms with Crippen molar-refractivity contribution >= 4 is 11.7 Å². The first-order chi connectivity index (χ1) is 16.0. The highest BCUT2D eigenvalue weighted by Gasteiger charge is 2.37. The second kappa shape index (κ2) is 10.1. The fourth-order valence-corrected chi connectivity index (χ4v) is 3.96. The predicted molar refractivity (Wildman–Crippen MR) is 123 cm³/mol. The van der Waals surface area contributed by atoms with Gasteiger partial charge in [0.1, 0.15) is 22.8 Å². The SMILES string of the molecule is CCCCCCOC1=C(C(=O)O)C(c2ccc3c(c2)OCO3)Oc2ccc(OC(C)C)cc21. The van der Waals surface area contributed by atoms with E-state index in [9.17, 15) is 9.90 Å². The summed E-state index contributed by atoms with van der Waals surface area (Å²) < 4.78 is 29.1. The summed E-state index contributed by atoms with van der Waals surface area (Å²) in [6, 6.07) is 10.7. The Kier molecular flexibility index (Phi) is 6.96. The number of carbonyl (C=O) groups is 1. The van der Waals surface area contributed by atoms with Gasteiger partial charge in [-0.2, -0.15) is 0 Å². The van der Waals surface area contributed by atoms with Gasteiger partial charge < -0.3 is 28.8 Å². The number of fused-ring (bicyclic) bond motifs is 2. The van der Waals surface area contributed by atoms with Crippen molar-refractivity contribution < 1.29 is 33.6 Å². The summed E-state index contributed by atoms with van der Waals surface area (Å²) in [4.78, 5) is 12.5. The average molecular weight is 455 g/mol. The maximum atomic E-state index is 12.5. The first-order valence-electron chi connectivity index (χ1n) is 11.5. The summed E-state index contributed by atoms with van der Waals surface area (Å²) in [6.45, 7) is 6.59. The van der Waals surface area contributed by atoms with Gasteiger partial charge in [0, 0.05) is 5.56 Å². The molecule has 0 spiro atoms. The van der Waals surface area contributed by atoms with E-state index in [0.717, 1.165) is 25.7 Å². The van der Waals surface area contributed by atoms with Crippen LogP contribution in [0, 0.1) is 0 Å². The molecular formula is C26H30O7. The Morgan fingerprint density at radius 3 is 2.61 bits per heavy atom. The van der Waals surface area contributed by atoms with Crippen LogP contribution in [0.25, 0.3) is 5.76 Å². The van der Waals surface area contributed by atoms with Gasteiger partial charge in [-0.3, -0.25) is 0 Å². The number of aliphatic carboxylic acids is 1. The molecule has 2 aromatic carbocycles. The number of hydrogen-bond donors (Lipinski definition) is 1. The van der Waals surface area contributed by atoms with Crippen LogP contribution in [0.3, 0.4) is 0 Å². The van der Waals surface area contributed by atoms with Crippen LogP contribution in [0.5, 0.6) is 23.0 Å². The van der Waals surface area contributed by atoms with Crippen molar-refractivity contribution in [1.29, 1.82) is 0 Å². The Labute approximate surface area is 193 Å². The molecule has 2 aliphatic rings. The number of ether oxygens (including phenoxy) is 5. The van der Waals surface area contributed by atoms with Gasteiger partial charge in [0.25, 0.3) is 0 Å². The van der Waals surface area contributed by atoms with E-state index in [1.54, 1.807) is 30.3 Å².